The van der Waals surface area contributed by atoms with Crippen LogP contribution in [-0.2, 0) is 18.3 Å². The highest BCUT2D eigenvalue weighted by Crippen LogP contribution is 2.23. The van der Waals surface area contributed by atoms with Crippen molar-refractivity contribution in [3.05, 3.63) is 30.1 Å². The largest absolute Gasteiger partial charge is 0.366 e. The first-order valence-electron chi connectivity index (χ1n) is 9.10. The Morgan fingerprint density at radius 1 is 1.23 bits per heavy atom. The number of anilines is 3. The van der Waals surface area contributed by atoms with E-state index in [1.807, 2.05) is 48.1 Å². The molecule has 0 aliphatic carbocycles. The van der Waals surface area contributed by atoms with Crippen molar-refractivity contribution in [1.29, 1.82) is 0 Å². The summed E-state index contributed by atoms with van der Waals surface area (Å²) in [6, 6.07) is 5.95. The van der Waals surface area contributed by atoms with Gasteiger partial charge >= 0.3 is 0 Å². The second kappa shape index (κ2) is 6.95. The van der Waals surface area contributed by atoms with Gasteiger partial charge in [0.25, 0.3) is 0 Å². The molecule has 1 amide bonds. The maximum atomic E-state index is 12.7. The van der Waals surface area contributed by atoms with Crippen LogP contribution in [0, 0.1) is 0 Å². The predicted molar refractivity (Wildman–Crippen MR) is 101 cm³/mol. The SMILES string of the molecule is CN1CCCc2c(cnn2C)Nc2cccc(n2)N[C@@H]2CN[C@@H](C2)C1=O. The second-order valence-electron chi connectivity index (χ2n) is 7.06. The highest BCUT2D eigenvalue weighted by Gasteiger charge is 2.31. The Labute approximate surface area is 153 Å². The minimum Gasteiger partial charge on any atom is -0.366 e. The number of hydrogen-bond acceptors (Lipinski definition) is 6. The number of pyridine rings is 1. The van der Waals surface area contributed by atoms with Gasteiger partial charge in [-0.05, 0) is 31.4 Å². The number of hydrogen-bond donors (Lipinski definition) is 3. The Hall–Kier alpha value is -2.61. The van der Waals surface area contributed by atoms with Crippen LogP contribution in [0.15, 0.2) is 24.4 Å². The lowest BCUT2D eigenvalue weighted by molar-refractivity contribution is -0.131. The molecule has 0 unspecified atom stereocenters. The van der Waals surface area contributed by atoms with E-state index in [0.29, 0.717) is 0 Å². The highest BCUT2D eigenvalue weighted by atomic mass is 16.2. The average Bonchev–Trinajstić information content (AvgIpc) is 3.22. The van der Waals surface area contributed by atoms with Crippen LogP contribution in [0.5, 0.6) is 0 Å². The number of likely N-dealkylation sites (N-methyl/N-ethyl adjacent to an activating group) is 1. The molecule has 2 aliphatic heterocycles. The molecule has 0 aromatic carbocycles. The van der Waals surface area contributed by atoms with Gasteiger partial charge in [0, 0.05) is 33.2 Å². The number of fused-ring (bicyclic) bond motifs is 5. The number of amides is 1. The first kappa shape index (κ1) is 16.8. The van der Waals surface area contributed by atoms with Crippen molar-refractivity contribution in [1.82, 2.24) is 25.0 Å². The molecule has 2 aromatic rings. The Bertz CT molecular complexity index is 803. The van der Waals surface area contributed by atoms with Crippen LogP contribution >= 0.6 is 0 Å². The average molecular weight is 355 g/mol. The van der Waals surface area contributed by atoms with E-state index in [-0.39, 0.29) is 18.0 Å². The predicted octanol–water partition coefficient (Wildman–Crippen LogP) is 1.11. The van der Waals surface area contributed by atoms with Gasteiger partial charge in [-0.2, -0.15) is 5.10 Å². The van der Waals surface area contributed by atoms with Gasteiger partial charge in [-0.25, -0.2) is 4.98 Å². The van der Waals surface area contributed by atoms with Crippen LogP contribution < -0.4 is 16.0 Å². The zero-order chi connectivity index (χ0) is 18.1. The lowest BCUT2D eigenvalue weighted by atomic mass is 10.1. The maximum absolute atomic E-state index is 12.7. The number of aryl methyl sites for hydroxylation is 1. The fourth-order valence-electron chi connectivity index (χ4n) is 3.69. The summed E-state index contributed by atoms with van der Waals surface area (Å²) in [7, 11) is 3.83. The van der Waals surface area contributed by atoms with E-state index in [1.165, 1.54) is 0 Å². The van der Waals surface area contributed by atoms with Gasteiger partial charge < -0.3 is 20.9 Å². The zero-order valence-corrected chi connectivity index (χ0v) is 15.2. The monoisotopic (exact) mass is 355 g/mol. The summed E-state index contributed by atoms with van der Waals surface area (Å²) in [5, 5.41) is 14.5. The van der Waals surface area contributed by atoms with E-state index >= 15 is 0 Å². The highest BCUT2D eigenvalue weighted by molar-refractivity contribution is 5.82. The van der Waals surface area contributed by atoms with Crippen LogP contribution in [0.3, 0.4) is 0 Å². The minimum absolute atomic E-state index is 0.129. The molecule has 138 valence electrons. The van der Waals surface area contributed by atoms with Crippen LogP contribution in [0.4, 0.5) is 17.3 Å². The summed E-state index contributed by atoms with van der Waals surface area (Å²) in [5.41, 5.74) is 2.07. The smallest absolute Gasteiger partial charge is 0.239 e. The second-order valence-corrected chi connectivity index (χ2v) is 7.06. The van der Waals surface area contributed by atoms with Gasteiger partial charge in [0.2, 0.25) is 5.91 Å². The van der Waals surface area contributed by atoms with Crippen molar-refractivity contribution in [3.63, 3.8) is 0 Å². The van der Waals surface area contributed by atoms with Crippen LogP contribution in [0.2, 0.25) is 0 Å². The topological polar surface area (TPSA) is 87.1 Å². The molecule has 3 N–H and O–H groups in total. The summed E-state index contributed by atoms with van der Waals surface area (Å²) in [6.07, 6.45) is 4.33. The molecular formula is C18H25N7O. The van der Waals surface area contributed by atoms with Crippen molar-refractivity contribution in [2.45, 2.75) is 31.3 Å². The number of nitrogens with zero attached hydrogens (tertiary/aromatic N) is 4. The molecule has 2 atom stereocenters. The molecule has 2 aromatic heterocycles. The lowest BCUT2D eigenvalue weighted by Gasteiger charge is -2.21. The van der Waals surface area contributed by atoms with Gasteiger partial charge in [0.05, 0.1) is 23.6 Å². The summed E-state index contributed by atoms with van der Waals surface area (Å²) < 4.78 is 1.88. The van der Waals surface area contributed by atoms with E-state index in [4.69, 9.17) is 0 Å². The van der Waals surface area contributed by atoms with Crippen molar-refractivity contribution < 1.29 is 4.79 Å². The van der Waals surface area contributed by atoms with Gasteiger partial charge in [-0.15, -0.1) is 0 Å². The molecule has 4 bridgehead atoms. The van der Waals surface area contributed by atoms with Crippen molar-refractivity contribution >= 4 is 23.2 Å². The van der Waals surface area contributed by atoms with E-state index in [2.05, 4.69) is 26.0 Å². The molecule has 1 saturated heterocycles. The van der Waals surface area contributed by atoms with E-state index in [0.717, 1.165) is 55.4 Å². The maximum Gasteiger partial charge on any atom is 0.239 e. The third-order valence-corrected chi connectivity index (χ3v) is 5.14. The Morgan fingerprint density at radius 3 is 2.96 bits per heavy atom. The lowest BCUT2D eigenvalue weighted by Crippen LogP contribution is -2.42. The first-order valence-corrected chi connectivity index (χ1v) is 9.10. The minimum atomic E-state index is -0.129. The number of nitrogens with one attached hydrogen (secondary N) is 3. The molecule has 0 radical (unpaired) electrons. The normalized spacial score (nSPS) is 23.5. The Balaban J connectivity index is 1.64. The fraction of sp³-hybridized carbons (Fsp3) is 0.500. The zero-order valence-electron chi connectivity index (χ0n) is 15.2. The quantitative estimate of drug-likeness (QED) is 0.656. The standard InChI is InChI=1S/C18H25N7O/c1-24-8-4-5-15-14(11-20-25(15)2)22-17-7-3-6-16(23-17)21-12-9-13(18(24)26)19-10-12/h3,6-7,11-13,19H,4-5,8-10H2,1-2H3,(H2,21,22,23)/t12-,13-/m0/s1. The molecule has 1 fully saturated rings. The molecule has 4 heterocycles. The van der Waals surface area contributed by atoms with Crippen molar-refractivity contribution in [3.8, 4) is 0 Å². The number of carbonyl (C=O) groups is 1. The van der Waals surface area contributed by atoms with Crippen molar-refractivity contribution in [2.24, 2.45) is 7.05 Å². The Kier molecular flexibility index (Phi) is 4.50. The van der Waals surface area contributed by atoms with E-state index < -0.39 is 0 Å². The van der Waals surface area contributed by atoms with E-state index in [9.17, 15) is 4.79 Å². The molecule has 0 saturated carbocycles. The molecule has 8 heteroatoms. The molecular weight excluding hydrogens is 330 g/mol. The summed E-state index contributed by atoms with van der Waals surface area (Å²) in [6.45, 7) is 1.49. The van der Waals surface area contributed by atoms with Gasteiger partial charge in [-0.3, -0.25) is 9.48 Å². The number of carbonyl (C=O) groups excluding carboxylic acids is 1. The third kappa shape index (κ3) is 3.37. The van der Waals surface area contributed by atoms with Gasteiger partial charge in [0.1, 0.15) is 11.6 Å². The Morgan fingerprint density at radius 2 is 2.08 bits per heavy atom. The van der Waals surface area contributed by atoms with Crippen LogP contribution in [0.25, 0.3) is 0 Å². The molecule has 2 aliphatic rings. The molecule has 0 spiro atoms. The van der Waals surface area contributed by atoms with E-state index in [1.54, 1.807) is 0 Å². The third-order valence-electron chi connectivity index (χ3n) is 5.14. The first-order chi connectivity index (χ1) is 12.6. The summed E-state index contributed by atoms with van der Waals surface area (Å²) in [4.78, 5) is 19.2. The summed E-state index contributed by atoms with van der Waals surface area (Å²) >= 11 is 0. The fourth-order valence-corrected chi connectivity index (χ4v) is 3.69. The summed E-state index contributed by atoms with van der Waals surface area (Å²) in [5.74, 6) is 1.76. The van der Waals surface area contributed by atoms with Gasteiger partial charge in [-0.1, -0.05) is 6.07 Å². The van der Waals surface area contributed by atoms with Crippen molar-refractivity contribution in [2.75, 3.05) is 30.8 Å². The molecule has 4 rings (SSSR count). The van der Waals surface area contributed by atoms with Gasteiger partial charge in [0.15, 0.2) is 0 Å². The van der Waals surface area contributed by atoms with Crippen LogP contribution in [-0.4, -0.2) is 57.8 Å². The molecule has 26 heavy (non-hydrogen) atoms. The molecule has 8 nitrogen and oxygen atoms in total. The van der Waals surface area contributed by atoms with Crippen LogP contribution in [0.1, 0.15) is 18.5 Å². The number of rotatable bonds is 0. The number of aromatic nitrogens is 3.